The molecule has 6 N–H and O–H groups in total. The summed E-state index contributed by atoms with van der Waals surface area (Å²) in [5.74, 6) is -1.31. The van der Waals surface area contributed by atoms with Gasteiger partial charge in [0.05, 0.1) is 12.9 Å². The highest BCUT2D eigenvalue weighted by molar-refractivity contribution is 7.53. The van der Waals surface area contributed by atoms with E-state index in [0.29, 0.717) is 11.2 Å². The number of hydrogen-bond acceptors (Lipinski definition) is 14. The van der Waals surface area contributed by atoms with Crippen molar-refractivity contribution in [2.45, 2.75) is 31.5 Å². The van der Waals surface area contributed by atoms with E-state index in [1.54, 1.807) is 4.57 Å². The lowest BCUT2D eigenvalue weighted by Gasteiger charge is -2.20. The second kappa shape index (κ2) is 17.5. The van der Waals surface area contributed by atoms with Crippen LogP contribution in [0.5, 0.6) is 0 Å². The van der Waals surface area contributed by atoms with Crippen LogP contribution in [0.15, 0.2) is 73.3 Å². The first-order chi connectivity index (χ1) is 21.2. The van der Waals surface area contributed by atoms with Crippen molar-refractivity contribution in [3.05, 3.63) is 84.4 Å². The lowest BCUT2D eigenvalue weighted by molar-refractivity contribution is -0.154. The highest BCUT2D eigenvalue weighted by Gasteiger charge is 2.28. The summed E-state index contributed by atoms with van der Waals surface area (Å²) in [5.41, 5.74) is 20.3. The SMILES string of the molecule is Cl.Nc1ncnc2c1ncn2CCOCP(=O)(OCOC(=O)[C@@H](N)Cc1ccccc1)OCOC(=O)[C@@H](N)Cc1ccccc1. The van der Waals surface area contributed by atoms with Crippen LogP contribution in [-0.4, -0.2) is 70.1 Å². The Balaban J connectivity index is 0.00000552. The maximum atomic E-state index is 13.4. The van der Waals surface area contributed by atoms with E-state index in [1.165, 1.54) is 12.7 Å². The number of nitrogens with zero attached hydrogens (tertiary/aromatic N) is 4. The zero-order valence-corrected chi connectivity index (χ0v) is 25.9. The minimum Gasteiger partial charge on any atom is -0.437 e. The molecule has 0 aliphatic carbocycles. The van der Waals surface area contributed by atoms with Crippen molar-refractivity contribution in [3.63, 3.8) is 0 Å². The van der Waals surface area contributed by atoms with E-state index >= 15 is 0 Å². The molecule has 2 atom stereocenters. The Morgan fingerprint density at radius 2 is 1.36 bits per heavy atom. The fraction of sp³-hybridized carbons (Fsp3) is 0.321. The van der Waals surface area contributed by atoms with Gasteiger partial charge in [-0.2, -0.15) is 0 Å². The van der Waals surface area contributed by atoms with Gasteiger partial charge in [0.15, 0.2) is 11.5 Å². The van der Waals surface area contributed by atoms with Crippen molar-refractivity contribution in [2.24, 2.45) is 11.5 Å². The zero-order valence-electron chi connectivity index (χ0n) is 24.2. The Morgan fingerprint density at radius 3 is 1.89 bits per heavy atom. The summed E-state index contributed by atoms with van der Waals surface area (Å²) in [6.45, 7) is -1.19. The summed E-state index contributed by atoms with van der Waals surface area (Å²) in [4.78, 5) is 37.0. The normalized spacial score (nSPS) is 12.7. The van der Waals surface area contributed by atoms with Gasteiger partial charge in [0.1, 0.15) is 30.3 Å². The smallest absolute Gasteiger partial charge is 0.361 e. The van der Waals surface area contributed by atoms with Gasteiger partial charge in [0.25, 0.3) is 0 Å². The Bertz CT molecular complexity index is 1500. The van der Waals surface area contributed by atoms with Crippen LogP contribution < -0.4 is 17.2 Å². The number of carbonyl (C=O) groups excluding carboxylic acids is 2. The predicted molar refractivity (Wildman–Crippen MR) is 166 cm³/mol. The number of anilines is 1. The van der Waals surface area contributed by atoms with E-state index in [4.69, 9.17) is 40.5 Å². The number of fused-ring (bicyclic) bond motifs is 1. The van der Waals surface area contributed by atoms with E-state index < -0.39 is 51.6 Å². The van der Waals surface area contributed by atoms with E-state index in [9.17, 15) is 14.2 Å². The quantitative estimate of drug-likeness (QED) is 0.0638. The maximum Gasteiger partial charge on any atom is 0.361 e. The topological polar surface area (TPSA) is 219 Å². The maximum absolute atomic E-state index is 13.4. The van der Waals surface area contributed by atoms with Gasteiger partial charge in [0.2, 0.25) is 13.6 Å². The largest absolute Gasteiger partial charge is 0.437 e. The predicted octanol–water partition coefficient (Wildman–Crippen LogP) is 2.17. The second-order valence-electron chi connectivity index (χ2n) is 9.53. The Kier molecular flexibility index (Phi) is 13.8. The first-order valence-electron chi connectivity index (χ1n) is 13.5. The molecule has 0 saturated carbocycles. The number of carbonyl (C=O) groups is 2. The van der Waals surface area contributed by atoms with Crippen molar-refractivity contribution in [1.29, 1.82) is 0 Å². The number of hydrogen-bond donors (Lipinski definition) is 3. The summed E-state index contributed by atoms with van der Waals surface area (Å²) >= 11 is 0. The molecule has 0 aliphatic heterocycles. The van der Waals surface area contributed by atoms with Gasteiger partial charge >= 0.3 is 19.5 Å². The summed E-state index contributed by atoms with van der Waals surface area (Å²) in [6, 6.07) is 16.3. The standard InChI is InChI=1S/C28H34N7O8P.ClH/c29-22(13-20-7-3-1-4-8-20)27(36)40-17-42-44(38,43-18-41-28(37)23(30)14-21-9-5-2-6-10-21)19-39-12-11-35-16-34-24-25(31)32-15-33-26(24)35;/h1-10,15-16,22-23H,11-14,17-19,29-30H2,(H2,31,32,33);1H/t22-,23-;/m0./s1. The summed E-state index contributed by atoms with van der Waals surface area (Å²) in [5, 5.41) is 0. The molecular formula is C28H35ClN7O8P. The van der Waals surface area contributed by atoms with E-state index in [0.717, 1.165) is 11.1 Å². The third-order valence-electron chi connectivity index (χ3n) is 6.26. The van der Waals surface area contributed by atoms with Crippen LogP contribution in [0.25, 0.3) is 11.2 Å². The van der Waals surface area contributed by atoms with Crippen LogP contribution in [-0.2, 0) is 56.8 Å². The number of nitrogens with two attached hydrogens (primary N) is 3. The molecule has 0 fully saturated rings. The van der Waals surface area contributed by atoms with Crippen LogP contribution in [0, 0.1) is 0 Å². The van der Waals surface area contributed by atoms with E-state index in [1.807, 2.05) is 60.7 Å². The van der Waals surface area contributed by atoms with Crippen molar-refractivity contribution < 1.29 is 37.4 Å². The highest BCUT2D eigenvalue weighted by Crippen LogP contribution is 2.48. The summed E-state index contributed by atoms with van der Waals surface area (Å²) < 4.78 is 41.4. The molecule has 0 radical (unpaired) electrons. The van der Waals surface area contributed by atoms with Crippen molar-refractivity contribution in [1.82, 2.24) is 19.5 Å². The van der Waals surface area contributed by atoms with Gasteiger partial charge in [-0.3, -0.25) is 23.2 Å². The lowest BCUT2D eigenvalue weighted by atomic mass is 10.1. The minimum absolute atomic E-state index is 0. The van der Waals surface area contributed by atoms with Crippen LogP contribution >= 0.6 is 20.0 Å². The number of ether oxygens (including phenoxy) is 3. The number of aromatic nitrogens is 4. The highest BCUT2D eigenvalue weighted by atomic mass is 35.5. The first-order valence-corrected chi connectivity index (χ1v) is 15.3. The monoisotopic (exact) mass is 663 g/mol. The van der Waals surface area contributed by atoms with Gasteiger partial charge in [-0.25, -0.2) is 15.0 Å². The number of rotatable bonds is 17. The fourth-order valence-corrected chi connectivity index (χ4v) is 4.96. The number of imidazole rings is 1. The molecule has 2 aromatic heterocycles. The molecule has 4 rings (SSSR count). The van der Waals surface area contributed by atoms with Gasteiger partial charge in [-0.05, 0) is 24.0 Å². The molecule has 0 unspecified atom stereocenters. The molecule has 2 heterocycles. The molecule has 45 heavy (non-hydrogen) atoms. The Hall–Kier alpha value is -3.95. The second-order valence-corrected chi connectivity index (χ2v) is 11.5. The Labute approximate surface area is 265 Å². The van der Waals surface area contributed by atoms with Gasteiger partial charge in [-0.15, -0.1) is 12.4 Å². The molecule has 2 aromatic carbocycles. The van der Waals surface area contributed by atoms with E-state index in [-0.39, 0.29) is 44.2 Å². The summed E-state index contributed by atoms with van der Waals surface area (Å²) in [7, 11) is -4.12. The van der Waals surface area contributed by atoms with Crippen molar-refractivity contribution >= 4 is 48.9 Å². The lowest BCUT2D eigenvalue weighted by Crippen LogP contribution is -2.35. The van der Waals surface area contributed by atoms with Crippen LogP contribution in [0.2, 0.25) is 0 Å². The molecule has 0 bridgehead atoms. The molecular weight excluding hydrogens is 629 g/mol. The van der Waals surface area contributed by atoms with Crippen LogP contribution in [0.3, 0.4) is 0 Å². The van der Waals surface area contributed by atoms with Gasteiger partial charge in [0, 0.05) is 6.54 Å². The zero-order chi connectivity index (χ0) is 31.4. The van der Waals surface area contributed by atoms with Gasteiger partial charge < -0.3 is 36.0 Å². The van der Waals surface area contributed by atoms with Crippen LogP contribution in [0.1, 0.15) is 11.1 Å². The molecule has 242 valence electrons. The summed E-state index contributed by atoms with van der Waals surface area (Å²) in [6.07, 6.45) is 2.73. The third-order valence-corrected chi connectivity index (χ3v) is 7.76. The first kappa shape index (κ1) is 35.5. The van der Waals surface area contributed by atoms with Crippen LogP contribution in [0.4, 0.5) is 5.82 Å². The molecule has 15 nitrogen and oxygen atoms in total. The average Bonchev–Trinajstić information content (AvgIpc) is 3.44. The minimum atomic E-state index is -4.12. The van der Waals surface area contributed by atoms with Crippen molar-refractivity contribution in [2.75, 3.05) is 32.3 Å². The molecule has 17 heteroatoms. The fourth-order valence-electron chi connectivity index (χ4n) is 3.96. The molecule has 0 saturated heterocycles. The molecule has 4 aromatic rings. The Morgan fingerprint density at radius 1 is 0.822 bits per heavy atom. The number of nitrogen functional groups attached to an aromatic ring is 1. The molecule has 0 amide bonds. The van der Waals surface area contributed by atoms with Crippen molar-refractivity contribution in [3.8, 4) is 0 Å². The number of benzene rings is 2. The van der Waals surface area contributed by atoms with E-state index in [2.05, 4.69) is 15.0 Å². The number of esters is 2. The van der Waals surface area contributed by atoms with Gasteiger partial charge in [-0.1, -0.05) is 60.7 Å². The average molecular weight is 664 g/mol. The molecule has 0 aliphatic rings. The third kappa shape index (κ3) is 10.9. The number of halogens is 1. The molecule has 0 spiro atoms.